The summed E-state index contributed by atoms with van der Waals surface area (Å²) in [6, 6.07) is 8.82. The number of ether oxygens (including phenoxy) is 2. The van der Waals surface area contributed by atoms with Gasteiger partial charge in [-0.3, -0.25) is 10.00 Å². The summed E-state index contributed by atoms with van der Waals surface area (Å²) in [6.07, 6.45) is 0. The van der Waals surface area contributed by atoms with Crippen molar-refractivity contribution in [2.24, 2.45) is 7.05 Å². The predicted molar refractivity (Wildman–Crippen MR) is 83.5 cm³/mol. The maximum Gasteiger partial charge on any atom is 0.320 e. The SMILES string of the molecule is COc1cccc(OCCNC(=O)Nc2cc(C)nn2C)c1. The molecule has 0 aliphatic rings. The fraction of sp³-hybridized carbons (Fsp3) is 0.333. The molecule has 0 aliphatic heterocycles. The number of aromatic nitrogens is 2. The molecule has 7 nitrogen and oxygen atoms in total. The minimum atomic E-state index is -0.294. The zero-order chi connectivity index (χ0) is 15.9. The van der Waals surface area contributed by atoms with E-state index in [1.165, 1.54) is 0 Å². The number of methoxy groups -OCH3 is 1. The largest absolute Gasteiger partial charge is 0.497 e. The Kier molecular flexibility index (Phi) is 5.24. The molecule has 0 fully saturated rings. The molecular weight excluding hydrogens is 284 g/mol. The highest BCUT2D eigenvalue weighted by Crippen LogP contribution is 2.18. The topological polar surface area (TPSA) is 77.4 Å². The van der Waals surface area contributed by atoms with Crippen LogP contribution in [0.4, 0.5) is 10.6 Å². The number of amides is 2. The Bertz CT molecular complexity index is 639. The predicted octanol–water partition coefficient (Wildman–Crippen LogP) is 1.94. The Morgan fingerprint density at radius 2 is 2.09 bits per heavy atom. The molecule has 1 heterocycles. The van der Waals surface area contributed by atoms with Crippen molar-refractivity contribution in [1.29, 1.82) is 0 Å². The van der Waals surface area contributed by atoms with Crippen molar-refractivity contribution in [3.05, 3.63) is 36.0 Å². The number of rotatable bonds is 6. The molecule has 1 aromatic carbocycles. The zero-order valence-electron chi connectivity index (χ0n) is 12.9. The average molecular weight is 304 g/mol. The fourth-order valence-corrected chi connectivity index (χ4v) is 1.91. The first-order chi connectivity index (χ1) is 10.6. The van der Waals surface area contributed by atoms with E-state index in [4.69, 9.17) is 9.47 Å². The van der Waals surface area contributed by atoms with Gasteiger partial charge in [0, 0.05) is 19.2 Å². The maximum atomic E-state index is 11.7. The third-order valence-corrected chi connectivity index (χ3v) is 2.94. The Morgan fingerprint density at radius 3 is 2.77 bits per heavy atom. The average Bonchev–Trinajstić information content (AvgIpc) is 2.81. The third kappa shape index (κ3) is 4.41. The fourth-order valence-electron chi connectivity index (χ4n) is 1.91. The van der Waals surface area contributed by atoms with Crippen LogP contribution in [0.25, 0.3) is 0 Å². The van der Waals surface area contributed by atoms with Crippen LogP contribution in [0.15, 0.2) is 30.3 Å². The van der Waals surface area contributed by atoms with Crippen molar-refractivity contribution in [2.75, 3.05) is 25.6 Å². The highest BCUT2D eigenvalue weighted by atomic mass is 16.5. The van der Waals surface area contributed by atoms with Crippen LogP contribution in [0.3, 0.4) is 0 Å². The minimum Gasteiger partial charge on any atom is -0.497 e. The van der Waals surface area contributed by atoms with Gasteiger partial charge in [0.1, 0.15) is 23.9 Å². The first kappa shape index (κ1) is 15.7. The minimum absolute atomic E-state index is 0.294. The summed E-state index contributed by atoms with van der Waals surface area (Å²) in [6.45, 7) is 2.62. The molecule has 0 atom stereocenters. The van der Waals surface area contributed by atoms with Gasteiger partial charge in [-0.2, -0.15) is 5.10 Å². The van der Waals surface area contributed by atoms with Crippen molar-refractivity contribution in [3.63, 3.8) is 0 Å². The molecule has 0 spiro atoms. The number of carbonyl (C=O) groups is 1. The number of aryl methyl sites for hydroxylation is 2. The van der Waals surface area contributed by atoms with Gasteiger partial charge < -0.3 is 14.8 Å². The first-order valence-corrected chi connectivity index (χ1v) is 6.91. The van der Waals surface area contributed by atoms with E-state index in [1.54, 1.807) is 31.0 Å². The van der Waals surface area contributed by atoms with E-state index in [0.29, 0.717) is 24.7 Å². The molecule has 0 aliphatic carbocycles. The molecule has 0 saturated carbocycles. The molecular formula is C15H20N4O3. The summed E-state index contributed by atoms with van der Waals surface area (Å²) in [5, 5.41) is 9.60. The molecule has 118 valence electrons. The lowest BCUT2D eigenvalue weighted by atomic mass is 10.3. The summed E-state index contributed by atoms with van der Waals surface area (Å²) in [5.74, 6) is 2.07. The van der Waals surface area contributed by atoms with Crippen molar-refractivity contribution in [2.45, 2.75) is 6.92 Å². The number of urea groups is 1. The van der Waals surface area contributed by atoms with Crippen LogP contribution >= 0.6 is 0 Å². The lowest BCUT2D eigenvalue weighted by molar-refractivity contribution is 0.247. The van der Waals surface area contributed by atoms with E-state index < -0.39 is 0 Å². The summed E-state index contributed by atoms with van der Waals surface area (Å²) in [7, 11) is 3.37. The van der Waals surface area contributed by atoms with Crippen LogP contribution in [0.2, 0.25) is 0 Å². The molecule has 2 rings (SSSR count). The van der Waals surface area contributed by atoms with Gasteiger partial charge in [0.15, 0.2) is 0 Å². The van der Waals surface area contributed by atoms with E-state index in [1.807, 2.05) is 25.1 Å². The monoisotopic (exact) mass is 304 g/mol. The van der Waals surface area contributed by atoms with Gasteiger partial charge in [-0.15, -0.1) is 0 Å². The third-order valence-electron chi connectivity index (χ3n) is 2.94. The van der Waals surface area contributed by atoms with Gasteiger partial charge in [-0.1, -0.05) is 6.07 Å². The quantitative estimate of drug-likeness (QED) is 0.800. The molecule has 0 saturated heterocycles. The van der Waals surface area contributed by atoms with Crippen molar-refractivity contribution in [1.82, 2.24) is 15.1 Å². The van der Waals surface area contributed by atoms with Crippen LogP contribution in [-0.4, -0.2) is 36.1 Å². The van der Waals surface area contributed by atoms with Crippen molar-refractivity contribution >= 4 is 11.8 Å². The molecule has 2 aromatic rings. The van der Waals surface area contributed by atoms with Crippen LogP contribution in [-0.2, 0) is 7.05 Å². The number of carbonyl (C=O) groups excluding carboxylic acids is 1. The van der Waals surface area contributed by atoms with Gasteiger partial charge in [-0.05, 0) is 19.1 Å². The van der Waals surface area contributed by atoms with E-state index in [2.05, 4.69) is 15.7 Å². The van der Waals surface area contributed by atoms with E-state index >= 15 is 0 Å². The second kappa shape index (κ2) is 7.35. The molecule has 0 bridgehead atoms. The lowest BCUT2D eigenvalue weighted by Crippen LogP contribution is -2.32. The number of hydrogen-bond donors (Lipinski definition) is 2. The second-order valence-electron chi connectivity index (χ2n) is 4.70. The lowest BCUT2D eigenvalue weighted by Gasteiger charge is -2.09. The molecule has 2 N–H and O–H groups in total. The van der Waals surface area contributed by atoms with Gasteiger partial charge in [0.05, 0.1) is 19.3 Å². The second-order valence-corrected chi connectivity index (χ2v) is 4.70. The van der Waals surface area contributed by atoms with Gasteiger partial charge >= 0.3 is 6.03 Å². The Balaban J connectivity index is 1.72. The molecule has 7 heteroatoms. The highest BCUT2D eigenvalue weighted by Gasteiger charge is 2.06. The zero-order valence-corrected chi connectivity index (χ0v) is 12.9. The smallest absolute Gasteiger partial charge is 0.320 e. The Morgan fingerprint density at radius 1 is 1.32 bits per heavy atom. The maximum absolute atomic E-state index is 11.7. The number of anilines is 1. The molecule has 22 heavy (non-hydrogen) atoms. The first-order valence-electron chi connectivity index (χ1n) is 6.91. The molecule has 1 aromatic heterocycles. The van der Waals surface area contributed by atoms with E-state index in [9.17, 15) is 4.79 Å². The normalized spacial score (nSPS) is 10.1. The summed E-state index contributed by atoms with van der Waals surface area (Å²) >= 11 is 0. The van der Waals surface area contributed by atoms with Crippen molar-refractivity contribution < 1.29 is 14.3 Å². The number of nitrogens with one attached hydrogen (secondary N) is 2. The number of nitrogens with zero attached hydrogens (tertiary/aromatic N) is 2. The number of hydrogen-bond acceptors (Lipinski definition) is 4. The van der Waals surface area contributed by atoms with E-state index in [-0.39, 0.29) is 6.03 Å². The summed E-state index contributed by atoms with van der Waals surface area (Å²) < 4.78 is 12.3. The van der Waals surface area contributed by atoms with Gasteiger partial charge in [0.25, 0.3) is 0 Å². The van der Waals surface area contributed by atoms with Crippen LogP contribution < -0.4 is 20.1 Å². The molecule has 0 radical (unpaired) electrons. The van der Waals surface area contributed by atoms with Crippen molar-refractivity contribution in [3.8, 4) is 11.5 Å². The summed E-state index contributed by atoms with van der Waals surface area (Å²) in [5.41, 5.74) is 0.846. The standard InChI is InChI=1S/C15H20N4O3/c1-11-9-14(19(2)18-11)17-15(20)16-7-8-22-13-6-4-5-12(10-13)21-3/h4-6,9-10H,7-8H2,1-3H3,(H2,16,17,20). The van der Waals surface area contributed by atoms with Gasteiger partial charge in [-0.25, -0.2) is 4.79 Å². The van der Waals surface area contributed by atoms with Crippen LogP contribution in [0.1, 0.15) is 5.69 Å². The van der Waals surface area contributed by atoms with E-state index in [0.717, 1.165) is 11.4 Å². The van der Waals surface area contributed by atoms with Crippen LogP contribution in [0.5, 0.6) is 11.5 Å². The molecule has 2 amide bonds. The highest BCUT2D eigenvalue weighted by molar-refractivity contribution is 5.88. The van der Waals surface area contributed by atoms with Gasteiger partial charge in [0.2, 0.25) is 0 Å². The molecule has 0 unspecified atom stereocenters. The Hall–Kier alpha value is -2.70. The van der Waals surface area contributed by atoms with Crippen LogP contribution in [0, 0.1) is 6.92 Å². The summed E-state index contributed by atoms with van der Waals surface area (Å²) in [4.78, 5) is 11.7. The number of benzene rings is 1. The Labute approximate surface area is 129 Å².